The van der Waals surface area contributed by atoms with Crippen LogP contribution in [0.15, 0.2) is 48.7 Å². The molecule has 7 nitrogen and oxygen atoms in total. The number of rotatable bonds is 5. The molecular weight excluding hydrogens is 392 g/mol. The number of piperazine rings is 1. The van der Waals surface area contributed by atoms with Gasteiger partial charge in [-0.05, 0) is 42.7 Å². The van der Waals surface area contributed by atoms with Crippen molar-refractivity contribution in [1.82, 2.24) is 14.8 Å². The largest absolute Gasteiger partial charge is 0.497 e. The number of pyridine rings is 1. The molecule has 164 valence electrons. The zero-order valence-electron chi connectivity index (χ0n) is 18.1. The highest BCUT2D eigenvalue weighted by molar-refractivity contribution is 5.88. The number of hydrogen-bond acceptors (Lipinski definition) is 5. The van der Waals surface area contributed by atoms with E-state index in [0.717, 1.165) is 49.5 Å². The molecule has 1 aromatic heterocycles. The van der Waals surface area contributed by atoms with Crippen LogP contribution in [0.3, 0.4) is 0 Å². The molecule has 0 radical (unpaired) electrons. The summed E-state index contributed by atoms with van der Waals surface area (Å²) in [6.07, 6.45) is 4.74. The van der Waals surface area contributed by atoms with Gasteiger partial charge >= 0.3 is 0 Å². The molecule has 1 atom stereocenters. The second kappa shape index (κ2) is 9.81. The molecule has 0 saturated carbocycles. The lowest BCUT2D eigenvalue weighted by Crippen LogP contribution is -2.55. The lowest BCUT2D eigenvalue weighted by Gasteiger charge is -2.39. The molecule has 0 N–H and O–H groups in total. The van der Waals surface area contributed by atoms with Gasteiger partial charge in [-0.2, -0.15) is 0 Å². The van der Waals surface area contributed by atoms with Crippen molar-refractivity contribution in [3.8, 4) is 5.75 Å². The van der Waals surface area contributed by atoms with Gasteiger partial charge in [0.25, 0.3) is 0 Å². The fraction of sp³-hybridized carbons (Fsp3) is 0.458. The van der Waals surface area contributed by atoms with Gasteiger partial charge in [-0.3, -0.25) is 9.59 Å². The normalized spacial score (nSPS) is 19.8. The third-order valence-corrected chi connectivity index (χ3v) is 6.15. The molecule has 0 aliphatic carbocycles. The number of methoxy groups -OCH3 is 1. The SMILES string of the molecule is COc1cccc(CN2C(=O)CCCCC2C(=O)N2CCN(c3ccccn3)CC2)c1. The van der Waals surface area contributed by atoms with Crippen LogP contribution in [0.25, 0.3) is 0 Å². The molecule has 2 fully saturated rings. The fourth-order valence-electron chi connectivity index (χ4n) is 4.42. The average Bonchev–Trinajstić information content (AvgIpc) is 3.01. The van der Waals surface area contributed by atoms with E-state index in [9.17, 15) is 9.59 Å². The van der Waals surface area contributed by atoms with E-state index in [1.807, 2.05) is 47.4 Å². The van der Waals surface area contributed by atoms with Crippen LogP contribution in [0.4, 0.5) is 5.82 Å². The first-order chi connectivity index (χ1) is 15.2. The van der Waals surface area contributed by atoms with Crippen LogP contribution in [0, 0.1) is 0 Å². The van der Waals surface area contributed by atoms with Gasteiger partial charge in [-0.15, -0.1) is 0 Å². The van der Waals surface area contributed by atoms with Gasteiger partial charge in [0.1, 0.15) is 17.6 Å². The molecule has 0 bridgehead atoms. The Balaban J connectivity index is 1.46. The molecule has 31 heavy (non-hydrogen) atoms. The summed E-state index contributed by atoms with van der Waals surface area (Å²) >= 11 is 0. The number of benzene rings is 1. The van der Waals surface area contributed by atoms with Crippen LogP contribution in [0.2, 0.25) is 0 Å². The Kier molecular flexibility index (Phi) is 6.70. The van der Waals surface area contributed by atoms with Crippen molar-refractivity contribution in [2.24, 2.45) is 0 Å². The predicted molar refractivity (Wildman–Crippen MR) is 119 cm³/mol. The van der Waals surface area contributed by atoms with Gasteiger partial charge in [-0.1, -0.05) is 24.6 Å². The summed E-state index contributed by atoms with van der Waals surface area (Å²) in [7, 11) is 1.63. The monoisotopic (exact) mass is 422 g/mol. The number of likely N-dealkylation sites (tertiary alicyclic amines) is 1. The summed E-state index contributed by atoms with van der Waals surface area (Å²) in [5.41, 5.74) is 0.979. The summed E-state index contributed by atoms with van der Waals surface area (Å²) < 4.78 is 5.32. The summed E-state index contributed by atoms with van der Waals surface area (Å²) in [4.78, 5) is 36.7. The predicted octanol–water partition coefficient (Wildman–Crippen LogP) is 2.71. The van der Waals surface area contributed by atoms with Crippen LogP contribution < -0.4 is 9.64 Å². The number of carbonyl (C=O) groups excluding carboxylic acids is 2. The Hall–Kier alpha value is -3.09. The molecule has 1 unspecified atom stereocenters. The minimum Gasteiger partial charge on any atom is -0.497 e. The van der Waals surface area contributed by atoms with Crippen LogP contribution in [-0.4, -0.2) is 65.9 Å². The maximum Gasteiger partial charge on any atom is 0.245 e. The highest BCUT2D eigenvalue weighted by Gasteiger charge is 2.35. The van der Waals surface area contributed by atoms with E-state index in [2.05, 4.69) is 9.88 Å². The Bertz CT molecular complexity index is 897. The molecule has 1 aromatic carbocycles. The second-order valence-corrected chi connectivity index (χ2v) is 8.14. The Labute approximate surface area is 183 Å². The number of hydrogen-bond donors (Lipinski definition) is 0. The number of aromatic nitrogens is 1. The van der Waals surface area contributed by atoms with Gasteiger partial charge in [0.2, 0.25) is 11.8 Å². The number of nitrogens with zero attached hydrogens (tertiary/aromatic N) is 4. The first kappa shape index (κ1) is 21.2. The molecule has 2 amide bonds. The average molecular weight is 423 g/mol. The highest BCUT2D eigenvalue weighted by atomic mass is 16.5. The van der Waals surface area contributed by atoms with Crippen molar-refractivity contribution in [3.63, 3.8) is 0 Å². The molecule has 7 heteroatoms. The van der Waals surface area contributed by atoms with Crippen LogP contribution >= 0.6 is 0 Å². The smallest absolute Gasteiger partial charge is 0.245 e. The topological polar surface area (TPSA) is 66.0 Å². The van der Waals surface area contributed by atoms with E-state index in [1.54, 1.807) is 18.2 Å². The minimum atomic E-state index is -0.400. The zero-order valence-corrected chi connectivity index (χ0v) is 18.1. The quantitative estimate of drug-likeness (QED) is 0.741. The maximum absolute atomic E-state index is 13.5. The van der Waals surface area contributed by atoms with E-state index < -0.39 is 6.04 Å². The Morgan fingerprint density at radius 3 is 2.68 bits per heavy atom. The van der Waals surface area contributed by atoms with Crippen molar-refractivity contribution in [2.45, 2.75) is 38.3 Å². The van der Waals surface area contributed by atoms with Crippen LogP contribution in [0.1, 0.15) is 31.2 Å². The van der Waals surface area contributed by atoms with Crippen molar-refractivity contribution in [2.75, 3.05) is 38.2 Å². The van der Waals surface area contributed by atoms with E-state index in [-0.39, 0.29) is 11.8 Å². The lowest BCUT2D eigenvalue weighted by molar-refractivity contribution is -0.146. The van der Waals surface area contributed by atoms with Gasteiger partial charge in [0.15, 0.2) is 0 Å². The Morgan fingerprint density at radius 1 is 1.10 bits per heavy atom. The molecule has 3 heterocycles. The molecule has 0 spiro atoms. The highest BCUT2D eigenvalue weighted by Crippen LogP contribution is 2.24. The zero-order chi connectivity index (χ0) is 21.6. The number of ether oxygens (including phenoxy) is 1. The molecule has 2 aliphatic heterocycles. The molecule has 2 aliphatic rings. The van der Waals surface area contributed by atoms with Gasteiger partial charge in [-0.25, -0.2) is 4.98 Å². The molecular formula is C24H30N4O3. The Morgan fingerprint density at radius 2 is 1.94 bits per heavy atom. The number of anilines is 1. The van der Waals surface area contributed by atoms with E-state index in [0.29, 0.717) is 26.1 Å². The van der Waals surface area contributed by atoms with Gasteiger partial charge in [0.05, 0.1) is 7.11 Å². The maximum atomic E-state index is 13.5. The summed E-state index contributed by atoms with van der Waals surface area (Å²) in [6.45, 7) is 3.22. The fourth-order valence-corrected chi connectivity index (χ4v) is 4.42. The van der Waals surface area contributed by atoms with Crippen molar-refractivity contribution in [1.29, 1.82) is 0 Å². The molecule has 2 aromatic rings. The van der Waals surface area contributed by atoms with Crippen molar-refractivity contribution in [3.05, 3.63) is 54.2 Å². The minimum absolute atomic E-state index is 0.0609. The number of amides is 2. The summed E-state index contributed by atoms with van der Waals surface area (Å²) in [5, 5.41) is 0. The van der Waals surface area contributed by atoms with Gasteiger partial charge < -0.3 is 19.4 Å². The third-order valence-electron chi connectivity index (χ3n) is 6.15. The van der Waals surface area contributed by atoms with Crippen LogP contribution in [-0.2, 0) is 16.1 Å². The van der Waals surface area contributed by atoms with Gasteiger partial charge in [0, 0.05) is 45.3 Å². The van der Waals surface area contributed by atoms with E-state index in [4.69, 9.17) is 4.74 Å². The molecule has 4 rings (SSSR count). The van der Waals surface area contributed by atoms with Crippen LogP contribution in [0.5, 0.6) is 5.75 Å². The van der Waals surface area contributed by atoms with E-state index >= 15 is 0 Å². The summed E-state index contributed by atoms with van der Waals surface area (Å²) in [5.74, 6) is 1.83. The van der Waals surface area contributed by atoms with Crippen molar-refractivity contribution < 1.29 is 14.3 Å². The summed E-state index contributed by atoms with van der Waals surface area (Å²) in [6, 6.07) is 13.2. The standard InChI is InChI=1S/C24H30N4O3/c1-31-20-8-6-7-19(17-20)18-28-21(9-2-3-11-23(28)29)24(30)27-15-13-26(14-16-27)22-10-4-5-12-25-22/h4-8,10,12,17,21H,2-3,9,11,13-16,18H2,1H3. The molecule has 2 saturated heterocycles. The van der Waals surface area contributed by atoms with Crippen molar-refractivity contribution >= 4 is 17.6 Å². The first-order valence-corrected chi connectivity index (χ1v) is 11.0. The van der Waals surface area contributed by atoms with E-state index in [1.165, 1.54) is 0 Å². The lowest BCUT2D eigenvalue weighted by atomic mass is 10.1. The third kappa shape index (κ3) is 4.98. The second-order valence-electron chi connectivity index (χ2n) is 8.14. The number of carbonyl (C=O) groups is 2. The first-order valence-electron chi connectivity index (χ1n) is 11.0.